The van der Waals surface area contributed by atoms with Crippen molar-refractivity contribution in [2.24, 2.45) is 0 Å². The van der Waals surface area contributed by atoms with Gasteiger partial charge in [0.15, 0.2) is 17.5 Å². The highest BCUT2D eigenvalue weighted by Gasteiger charge is 2.13. The van der Waals surface area contributed by atoms with Crippen LogP contribution < -0.4 is 16.4 Å². The highest BCUT2D eigenvalue weighted by Crippen LogP contribution is 2.28. The predicted octanol–water partition coefficient (Wildman–Crippen LogP) is 4.97. The van der Waals surface area contributed by atoms with E-state index in [0.29, 0.717) is 29.7 Å². The number of nitrogens with zero attached hydrogens (tertiary/aromatic N) is 2. The second-order valence-corrected chi connectivity index (χ2v) is 6.14. The molecule has 0 amide bonds. The molecule has 4 N–H and O–H groups in total. The quantitative estimate of drug-likeness (QED) is 0.478. The predicted molar refractivity (Wildman–Crippen MR) is 116 cm³/mol. The van der Waals surface area contributed by atoms with Crippen LogP contribution in [-0.2, 0) is 6.54 Å². The summed E-state index contributed by atoms with van der Waals surface area (Å²) in [6.07, 6.45) is 2.18. The highest BCUT2D eigenvalue weighted by atomic mass is 35.5. The van der Waals surface area contributed by atoms with E-state index < -0.39 is 0 Å². The molecule has 0 aliphatic carbocycles. The van der Waals surface area contributed by atoms with Crippen molar-refractivity contribution in [2.45, 2.75) is 26.3 Å². The van der Waals surface area contributed by atoms with Crippen molar-refractivity contribution in [3.05, 3.63) is 66.2 Å². The Labute approximate surface area is 166 Å². The summed E-state index contributed by atoms with van der Waals surface area (Å²) in [7, 11) is 0. The molecule has 0 bridgehead atoms. The van der Waals surface area contributed by atoms with Crippen molar-refractivity contribution in [1.82, 2.24) is 9.97 Å². The van der Waals surface area contributed by atoms with Crippen molar-refractivity contribution in [2.75, 3.05) is 22.9 Å². The van der Waals surface area contributed by atoms with E-state index in [1.807, 2.05) is 48.5 Å². The first-order valence-corrected chi connectivity index (χ1v) is 9.02. The monoisotopic (exact) mass is 383 g/mol. The molecule has 2 aromatic carbocycles. The average Bonchev–Trinajstić information content (AvgIpc) is 2.70. The first-order valence-electron chi connectivity index (χ1n) is 9.02. The topological polar surface area (TPSA) is 75.9 Å². The fraction of sp³-hybridized carbons (Fsp3) is 0.238. The lowest BCUT2D eigenvalue weighted by atomic mass is 10.2. The Morgan fingerprint density at radius 2 is 1.44 bits per heavy atom. The van der Waals surface area contributed by atoms with Gasteiger partial charge in [-0.3, -0.25) is 0 Å². The fourth-order valence-corrected chi connectivity index (χ4v) is 2.62. The van der Waals surface area contributed by atoms with Gasteiger partial charge in [0.05, 0.1) is 0 Å². The third kappa shape index (κ3) is 5.59. The van der Waals surface area contributed by atoms with E-state index in [0.717, 1.165) is 24.9 Å². The van der Waals surface area contributed by atoms with Gasteiger partial charge in [-0.2, -0.15) is 0 Å². The molecule has 1 heterocycles. The molecule has 0 saturated heterocycles. The van der Waals surface area contributed by atoms with Crippen molar-refractivity contribution in [1.29, 1.82) is 0 Å². The van der Waals surface area contributed by atoms with Gasteiger partial charge in [-0.15, -0.1) is 12.4 Å². The van der Waals surface area contributed by atoms with Gasteiger partial charge in [0.1, 0.15) is 5.69 Å². The Bertz CT molecular complexity index is 825. The SMILES string of the molecule is CCCCNc1nc(-c2ccccc2)nc(NCc2ccccc2)c1N.Cl. The number of hydrogen-bond acceptors (Lipinski definition) is 5. The number of anilines is 3. The second-order valence-electron chi connectivity index (χ2n) is 6.14. The van der Waals surface area contributed by atoms with Crippen LogP contribution in [0.5, 0.6) is 0 Å². The highest BCUT2D eigenvalue weighted by molar-refractivity contribution is 5.85. The number of unbranched alkanes of at least 4 members (excludes halogenated alkanes) is 1. The molecule has 27 heavy (non-hydrogen) atoms. The summed E-state index contributed by atoms with van der Waals surface area (Å²) < 4.78 is 0. The zero-order valence-electron chi connectivity index (χ0n) is 15.5. The Kier molecular flexibility index (Phi) is 7.89. The van der Waals surface area contributed by atoms with Gasteiger partial charge >= 0.3 is 0 Å². The Morgan fingerprint density at radius 3 is 2.07 bits per heavy atom. The minimum absolute atomic E-state index is 0. The third-order valence-electron chi connectivity index (χ3n) is 4.10. The molecule has 0 unspecified atom stereocenters. The number of hydrogen-bond donors (Lipinski definition) is 3. The molecule has 0 radical (unpaired) electrons. The van der Waals surface area contributed by atoms with Crippen LogP contribution in [-0.4, -0.2) is 16.5 Å². The number of halogens is 1. The number of aromatic nitrogens is 2. The number of nitrogens with one attached hydrogen (secondary N) is 2. The largest absolute Gasteiger partial charge is 0.393 e. The lowest BCUT2D eigenvalue weighted by Crippen LogP contribution is -2.12. The summed E-state index contributed by atoms with van der Waals surface area (Å²) >= 11 is 0. The maximum absolute atomic E-state index is 6.33. The van der Waals surface area contributed by atoms with E-state index in [1.54, 1.807) is 0 Å². The van der Waals surface area contributed by atoms with E-state index >= 15 is 0 Å². The lowest BCUT2D eigenvalue weighted by molar-refractivity contribution is 0.831. The third-order valence-corrected chi connectivity index (χ3v) is 4.10. The maximum Gasteiger partial charge on any atom is 0.164 e. The normalized spacial score (nSPS) is 10.1. The molecule has 3 aromatic rings. The molecule has 0 aliphatic heterocycles. The van der Waals surface area contributed by atoms with E-state index in [4.69, 9.17) is 5.73 Å². The van der Waals surface area contributed by atoms with Crippen LogP contribution in [0.4, 0.5) is 17.3 Å². The molecule has 5 nitrogen and oxygen atoms in total. The molecule has 6 heteroatoms. The molecule has 3 rings (SSSR count). The minimum Gasteiger partial charge on any atom is -0.393 e. The number of nitrogen functional groups attached to an aromatic ring is 1. The smallest absolute Gasteiger partial charge is 0.164 e. The van der Waals surface area contributed by atoms with Gasteiger partial charge in [-0.1, -0.05) is 74.0 Å². The first-order chi connectivity index (χ1) is 12.8. The van der Waals surface area contributed by atoms with Crippen molar-refractivity contribution in [3.8, 4) is 11.4 Å². The van der Waals surface area contributed by atoms with Gasteiger partial charge < -0.3 is 16.4 Å². The molecular formula is C21H26ClN5. The molecule has 142 valence electrons. The summed E-state index contributed by atoms with van der Waals surface area (Å²) in [6, 6.07) is 20.1. The summed E-state index contributed by atoms with van der Waals surface area (Å²) in [5, 5.41) is 6.70. The molecule has 1 aromatic heterocycles. The maximum atomic E-state index is 6.33. The summed E-state index contributed by atoms with van der Waals surface area (Å²) in [4.78, 5) is 9.30. The summed E-state index contributed by atoms with van der Waals surface area (Å²) in [5.41, 5.74) is 9.02. The van der Waals surface area contributed by atoms with E-state index in [2.05, 4.69) is 39.7 Å². The van der Waals surface area contributed by atoms with E-state index in [9.17, 15) is 0 Å². The van der Waals surface area contributed by atoms with Crippen molar-refractivity contribution < 1.29 is 0 Å². The molecule has 0 saturated carbocycles. The van der Waals surface area contributed by atoms with Crippen molar-refractivity contribution >= 4 is 29.7 Å². The Balaban J connectivity index is 0.00000261. The molecule has 0 aliphatic rings. The van der Waals surface area contributed by atoms with Gasteiger partial charge in [0.25, 0.3) is 0 Å². The molecule has 0 spiro atoms. The first kappa shape index (κ1) is 20.5. The van der Waals surface area contributed by atoms with Crippen LogP contribution in [0.25, 0.3) is 11.4 Å². The minimum atomic E-state index is 0. The lowest BCUT2D eigenvalue weighted by Gasteiger charge is -2.15. The van der Waals surface area contributed by atoms with Gasteiger partial charge in [0, 0.05) is 18.7 Å². The Morgan fingerprint density at radius 1 is 0.852 bits per heavy atom. The van der Waals surface area contributed by atoms with Crippen LogP contribution >= 0.6 is 12.4 Å². The number of rotatable bonds is 8. The zero-order valence-corrected chi connectivity index (χ0v) is 16.3. The summed E-state index contributed by atoms with van der Waals surface area (Å²) in [6.45, 7) is 3.65. The number of nitrogens with two attached hydrogens (primary N) is 1. The van der Waals surface area contributed by atoms with Crippen LogP contribution in [0.3, 0.4) is 0 Å². The summed E-state index contributed by atoms with van der Waals surface area (Å²) in [5.74, 6) is 2.00. The van der Waals surface area contributed by atoms with Crippen molar-refractivity contribution in [3.63, 3.8) is 0 Å². The van der Waals surface area contributed by atoms with Crippen LogP contribution in [0.2, 0.25) is 0 Å². The number of benzene rings is 2. The standard InChI is InChI=1S/C21H25N5.ClH/c1-2-3-14-23-20-18(22)21(24-15-16-10-6-4-7-11-16)26-19(25-20)17-12-8-5-9-13-17;/h4-13H,2-3,14-15,22H2,1H3,(H2,23,24,25,26);1H. The Hall–Kier alpha value is -2.79. The van der Waals surface area contributed by atoms with E-state index in [-0.39, 0.29) is 12.4 Å². The zero-order chi connectivity index (χ0) is 18.2. The fourth-order valence-electron chi connectivity index (χ4n) is 2.62. The second kappa shape index (κ2) is 10.4. The molecular weight excluding hydrogens is 358 g/mol. The van der Waals surface area contributed by atoms with Gasteiger partial charge in [0.2, 0.25) is 0 Å². The van der Waals surface area contributed by atoms with Gasteiger partial charge in [-0.25, -0.2) is 9.97 Å². The molecule has 0 atom stereocenters. The average molecular weight is 384 g/mol. The van der Waals surface area contributed by atoms with Crippen LogP contribution in [0.15, 0.2) is 60.7 Å². The molecule has 0 fully saturated rings. The van der Waals surface area contributed by atoms with Crippen LogP contribution in [0.1, 0.15) is 25.3 Å². The van der Waals surface area contributed by atoms with Gasteiger partial charge in [-0.05, 0) is 12.0 Å². The van der Waals surface area contributed by atoms with E-state index in [1.165, 1.54) is 5.56 Å². The van der Waals surface area contributed by atoms with Crippen LogP contribution in [0, 0.1) is 0 Å².